The number of aromatic nitrogens is 1. The van der Waals surface area contributed by atoms with Crippen LogP contribution in [-0.4, -0.2) is 12.1 Å². The van der Waals surface area contributed by atoms with Crippen LogP contribution in [0.1, 0.15) is 41.6 Å². The third-order valence-electron chi connectivity index (χ3n) is 4.81. The molecular formula is C24H28N2O2. The molecule has 1 N–H and O–H groups in total. The molecule has 146 valence electrons. The third-order valence-corrected chi connectivity index (χ3v) is 4.81. The van der Waals surface area contributed by atoms with Crippen molar-refractivity contribution in [2.75, 3.05) is 7.11 Å². The summed E-state index contributed by atoms with van der Waals surface area (Å²) in [7, 11) is 1.67. The van der Waals surface area contributed by atoms with Crippen LogP contribution in [0.4, 0.5) is 0 Å². The molecule has 0 saturated carbocycles. The topological polar surface area (TPSA) is 43.4 Å². The van der Waals surface area contributed by atoms with Gasteiger partial charge < -0.3 is 14.8 Å². The van der Waals surface area contributed by atoms with Gasteiger partial charge in [0.05, 0.1) is 7.11 Å². The fourth-order valence-corrected chi connectivity index (χ4v) is 3.12. The van der Waals surface area contributed by atoms with Crippen LogP contribution in [0.3, 0.4) is 0 Å². The lowest BCUT2D eigenvalue weighted by Gasteiger charge is -2.18. The summed E-state index contributed by atoms with van der Waals surface area (Å²) in [5.74, 6) is 1.49. The summed E-state index contributed by atoms with van der Waals surface area (Å²) in [5.41, 5.74) is 4.84. The number of ether oxygens (including phenoxy) is 2. The van der Waals surface area contributed by atoms with Crippen molar-refractivity contribution in [2.24, 2.45) is 0 Å². The van der Waals surface area contributed by atoms with Crippen LogP contribution in [-0.2, 0) is 13.2 Å². The number of nitrogens with zero attached hydrogens (tertiary/aromatic N) is 1. The van der Waals surface area contributed by atoms with Crippen LogP contribution in [0.2, 0.25) is 0 Å². The third kappa shape index (κ3) is 5.33. The lowest BCUT2D eigenvalue weighted by molar-refractivity contribution is 0.284. The second-order valence-electron chi connectivity index (χ2n) is 6.88. The fourth-order valence-electron chi connectivity index (χ4n) is 3.12. The number of pyridine rings is 1. The molecule has 2 aromatic carbocycles. The Balaban J connectivity index is 1.63. The second kappa shape index (κ2) is 9.90. The standard InChI is InChI=1S/C24H28N2O2/c1-4-22(21-8-5-18(2)6-9-21)26-16-20-7-10-23(24(15-20)27-3)28-17-19-11-13-25-14-12-19/h5-15,22,26H,4,16-17H2,1-3H3. The van der Waals surface area contributed by atoms with Crippen molar-refractivity contribution in [1.82, 2.24) is 10.3 Å². The van der Waals surface area contributed by atoms with E-state index in [-0.39, 0.29) is 0 Å². The van der Waals surface area contributed by atoms with E-state index < -0.39 is 0 Å². The molecule has 0 aliphatic rings. The van der Waals surface area contributed by atoms with E-state index in [9.17, 15) is 0 Å². The van der Waals surface area contributed by atoms with E-state index in [0.29, 0.717) is 12.6 Å². The molecule has 1 atom stereocenters. The van der Waals surface area contributed by atoms with Gasteiger partial charge in [-0.25, -0.2) is 0 Å². The van der Waals surface area contributed by atoms with Crippen molar-refractivity contribution in [3.05, 3.63) is 89.2 Å². The van der Waals surface area contributed by atoms with Gasteiger partial charge in [0.2, 0.25) is 0 Å². The van der Waals surface area contributed by atoms with Crippen LogP contribution in [0, 0.1) is 6.92 Å². The molecule has 28 heavy (non-hydrogen) atoms. The average Bonchev–Trinajstić information content (AvgIpc) is 2.75. The molecule has 0 bridgehead atoms. The largest absolute Gasteiger partial charge is 0.493 e. The molecule has 1 aromatic heterocycles. The second-order valence-corrected chi connectivity index (χ2v) is 6.88. The van der Waals surface area contributed by atoms with Crippen molar-refractivity contribution in [3.8, 4) is 11.5 Å². The van der Waals surface area contributed by atoms with E-state index in [1.807, 2.05) is 24.3 Å². The lowest BCUT2D eigenvalue weighted by Crippen LogP contribution is -2.20. The van der Waals surface area contributed by atoms with E-state index in [2.05, 4.69) is 54.5 Å². The zero-order valence-electron chi connectivity index (χ0n) is 16.8. The minimum Gasteiger partial charge on any atom is -0.493 e. The predicted molar refractivity (Wildman–Crippen MR) is 113 cm³/mol. The van der Waals surface area contributed by atoms with Gasteiger partial charge in [0.15, 0.2) is 11.5 Å². The monoisotopic (exact) mass is 376 g/mol. The Labute approximate surface area is 167 Å². The summed E-state index contributed by atoms with van der Waals surface area (Å²) in [5, 5.41) is 3.65. The Morgan fingerprint density at radius 2 is 1.68 bits per heavy atom. The van der Waals surface area contributed by atoms with Gasteiger partial charge in [-0.3, -0.25) is 4.98 Å². The highest BCUT2D eigenvalue weighted by Crippen LogP contribution is 2.29. The van der Waals surface area contributed by atoms with Crippen LogP contribution in [0.5, 0.6) is 11.5 Å². The van der Waals surface area contributed by atoms with Crippen molar-refractivity contribution < 1.29 is 9.47 Å². The number of benzene rings is 2. The van der Waals surface area contributed by atoms with Crippen molar-refractivity contribution in [2.45, 2.75) is 39.5 Å². The Morgan fingerprint density at radius 3 is 2.36 bits per heavy atom. The molecule has 1 unspecified atom stereocenters. The highest BCUT2D eigenvalue weighted by atomic mass is 16.5. The summed E-state index contributed by atoms with van der Waals surface area (Å²) >= 11 is 0. The maximum atomic E-state index is 5.92. The van der Waals surface area contributed by atoms with Gasteiger partial charge in [0.25, 0.3) is 0 Å². The number of hydrogen-bond donors (Lipinski definition) is 1. The maximum Gasteiger partial charge on any atom is 0.161 e. The molecule has 0 spiro atoms. The quantitative estimate of drug-likeness (QED) is 0.556. The normalized spacial score (nSPS) is 11.8. The first-order chi connectivity index (χ1) is 13.7. The van der Waals surface area contributed by atoms with Gasteiger partial charge in [-0.2, -0.15) is 0 Å². The van der Waals surface area contributed by atoms with Crippen LogP contribution < -0.4 is 14.8 Å². The maximum absolute atomic E-state index is 5.92. The van der Waals surface area contributed by atoms with Crippen LogP contribution >= 0.6 is 0 Å². The Hall–Kier alpha value is -2.85. The fraction of sp³-hybridized carbons (Fsp3) is 0.292. The predicted octanol–water partition coefficient (Wildman–Crippen LogP) is 5.22. The molecule has 4 nitrogen and oxygen atoms in total. The summed E-state index contributed by atoms with van der Waals surface area (Å²) in [4.78, 5) is 4.03. The molecule has 0 aliphatic heterocycles. The van der Waals surface area contributed by atoms with Crippen molar-refractivity contribution in [1.29, 1.82) is 0 Å². The minimum absolute atomic E-state index is 0.328. The van der Waals surface area contributed by atoms with E-state index in [1.165, 1.54) is 16.7 Å². The molecule has 0 radical (unpaired) electrons. The lowest BCUT2D eigenvalue weighted by atomic mass is 10.0. The number of hydrogen-bond acceptors (Lipinski definition) is 4. The summed E-state index contributed by atoms with van der Waals surface area (Å²) in [6.07, 6.45) is 4.57. The SMILES string of the molecule is CCC(NCc1ccc(OCc2ccncc2)c(OC)c1)c1ccc(C)cc1. The molecule has 0 fully saturated rings. The van der Waals surface area contributed by atoms with Gasteiger partial charge in [-0.15, -0.1) is 0 Å². The minimum atomic E-state index is 0.328. The zero-order valence-corrected chi connectivity index (χ0v) is 16.8. The van der Waals surface area contributed by atoms with Gasteiger partial charge in [-0.1, -0.05) is 42.8 Å². The molecule has 1 heterocycles. The Bertz CT molecular complexity index is 864. The molecule has 3 aromatic rings. The van der Waals surface area contributed by atoms with Crippen molar-refractivity contribution >= 4 is 0 Å². The average molecular weight is 377 g/mol. The highest BCUT2D eigenvalue weighted by Gasteiger charge is 2.10. The number of aryl methyl sites for hydroxylation is 1. The number of nitrogens with one attached hydrogen (secondary N) is 1. The van der Waals surface area contributed by atoms with Crippen LogP contribution in [0.25, 0.3) is 0 Å². The Morgan fingerprint density at radius 1 is 0.929 bits per heavy atom. The van der Waals surface area contributed by atoms with E-state index >= 15 is 0 Å². The molecule has 3 rings (SSSR count). The summed E-state index contributed by atoms with van der Waals surface area (Å²) in [6.45, 7) is 5.58. The number of methoxy groups -OCH3 is 1. The summed E-state index contributed by atoms with van der Waals surface area (Å²) < 4.78 is 11.5. The number of rotatable bonds is 9. The Kier molecular flexibility index (Phi) is 7.04. The highest BCUT2D eigenvalue weighted by molar-refractivity contribution is 5.43. The van der Waals surface area contributed by atoms with E-state index in [4.69, 9.17) is 9.47 Å². The first-order valence-electron chi connectivity index (χ1n) is 9.68. The van der Waals surface area contributed by atoms with E-state index in [0.717, 1.165) is 30.0 Å². The van der Waals surface area contributed by atoms with Crippen LogP contribution in [0.15, 0.2) is 67.0 Å². The van der Waals surface area contributed by atoms with Gasteiger partial charge >= 0.3 is 0 Å². The van der Waals surface area contributed by atoms with Gasteiger partial charge in [-0.05, 0) is 54.3 Å². The first-order valence-corrected chi connectivity index (χ1v) is 9.68. The zero-order chi connectivity index (χ0) is 19.8. The van der Waals surface area contributed by atoms with E-state index in [1.54, 1.807) is 19.5 Å². The van der Waals surface area contributed by atoms with Gasteiger partial charge in [0.1, 0.15) is 6.61 Å². The molecule has 0 saturated heterocycles. The summed E-state index contributed by atoms with van der Waals surface area (Å²) in [6, 6.07) is 19.0. The van der Waals surface area contributed by atoms with Gasteiger partial charge in [0, 0.05) is 25.0 Å². The molecule has 0 amide bonds. The first kappa shape index (κ1) is 19.9. The smallest absolute Gasteiger partial charge is 0.161 e. The molecule has 4 heteroatoms. The molecular weight excluding hydrogens is 348 g/mol. The van der Waals surface area contributed by atoms with Crippen molar-refractivity contribution in [3.63, 3.8) is 0 Å². The molecule has 0 aliphatic carbocycles.